The van der Waals surface area contributed by atoms with Gasteiger partial charge in [-0.3, -0.25) is 0 Å². The van der Waals surface area contributed by atoms with E-state index in [-0.39, 0.29) is 31.4 Å². The number of hydrogen-bond donors (Lipinski definition) is 2. The smallest absolute Gasteiger partial charge is 0.407 e. The highest BCUT2D eigenvalue weighted by Gasteiger charge is 2.29. The zero-order chi connectivity index (χ0) is 26.5. The lowest BCUT2D eigenvalue weighted by Gasteiger charge is -2.18. The number of amides is 1. The van der Waals surface area contributed by atoms with Crippen LogP contribution in [-0.2, 0) is 22.6 Å². The first-order valence-electron chi connectivity index (χ1n) is 12.3. The first-order chi connectivity index (χ1) is 18.5. The molecule has 1 unspecified atom stereocenters. The van der Waals surface area contributed by atoms with Gasteiger partial charge in [0.2, 0.25) is 0 Å². The number of fused-ring (bicyclic) bond motifs is 3. The van der Waals surface area contributed by atoms with Crippen molar-refractivity contribution >= 4 is 12.1 Å². The van der Waals surface area contributed by atoms with Crippen molar-refractivity contribution in [3.05, 3.63) is 125 Å². The number of aliphatic carboxylic acids is 1. The van der Waals surface area contributed by atoms with E-state index in [1.165, 1.54) is 12.1 Å². The van der Waals surface area contributed by atoms with Crippen LogP contribution in [0.15, 0.2) is 97.1 Å². The molecule has 4 aromatic rings. The van der Waals surface area contributed by atoms with Crippen molar-refractivity contribution in [2.75, 3.05) is 6.61 Å². The van der Waals surface area contributed by atoms with E-state index < -0.39 is 18.1 Å². The third kappa shape index (κ3) is 5.67. The van der Waals surface area contributed by atoms with Crippen molar-refractivity contribution in [2.24, 2.45) is 0 Å². The number of nitrogens with one attached hydrogen (secondary N) is 1. The van der Waals surface area contributed by atoms with Gasteiger partial charge in [-0.1, -0.05) is 72.8 Å². The fraction of sp³-hybridized carbons (Fsp3) is 0.161. The van der Waals surface area contributed by atoms with Crippen LogP contribution in [0.2, 0.25) is 0 Å². The molecule has 0 saturated heterocycles. The Morgan fingerprint density at radius 2 is 1.50 bits per heavy atom. The summed E-state index contributed by atoms with van der Waals surface area (Å²) in [6.45, 7) is 0.336. The third-order valence-corrected chi connectivity index (χ3v) is 6.59. The molecule has 6 nitrogen and oxygen atoms in total. The summed E-state index contributed by atoms with van der Waals surface area (Å²) in [6, 6.07) is 27.8. The van der Waals surface area contributed by atoms with E-state index in [0.717, 1.165) is 27.8 Å². The van der Waals surface area contributed by atoms with Gasteiger partial charge in [0.1, 0.15) is 30.8 Å². The van der Waals surface area contributed by atoms with E-state index in [0.29, 0.717) is 11.3 Å². The molecule has 0 bridgehead atoms. The minimum Gasteiger partial charge on any atom is -0.489 e. The molecule has 4 aromatic carbocycles. The molecule has 0 heterocycles. The second-order valence-corrected chi connectivity index (χ2v) is 9.13. The molecule has 1 atom stereocenters. The lowest BCUT2D eigenvalue weighted by Crippen LogP contribution is -2.42. The van der Waals surface area contributed by atoms with Crippen LogP contribution in [-0.4, -0.2) is 29.8 Å². The number of rotatable bonds is 9. The van der Waals surface area contributed by atoms with Gasteiger partial charge in [-0.15, -0.1) is 0 Å². The number of halogens is 1. The molecular weight excluding hydrogens is 485 g/mol. The molecule has 0 fully saturated rings. The van der Waals surface area contributed by atoms with Gasteiger partial charge in [-0.2, -0.15) is 0 Å². The summed E-state index contributed by atoms with van der Waals surface area (Å²) >= 11 is 0. The van der Waals surface area contributed by atoms with Crippen molar-refractivity contribution in [3.63, 3.8) is 0 Å². The Morgan fingerprint density at radius 1 is 0.842 bits per heavy atom. The maximum atomic E-state index is 13.1. The molecule has 0 spiro atoms. The number of carbonyl (C=O) groups is 2. The Morgan fingerprint density at radius 3 is 2.16 bits per heavy atom. The Kier molecular flexibility index (Phi) is 7.35. The van der Waals surface area contributed by atoms with E-state index >= 15 is 0 Å². The highest BCUT2D eigenvalue weighted by Crippen LogP contribution is 2.44. The number of ether oxygens (including phenoxy) is 2. The largest absolute Gasteiger partial charge is 0.489 e. The molecule has 0 saturated carbocycles. The van der Waals surface area contributed by atoms with Crippen LogP contribution < -0.4 is 10.1 Å². The van der Waals surface area contributed by atoms with Gasteiger partial charge in [-0.25, -0.2) is 14.0 Å². The number of carboxylic acids is 1. The van der Waals surface area contributed by atoms with Gasteiger partial charge in [0, 0.05) is 12.3 Å². The molecule has 7 heteroatoms. The minimum absolute atomic E-state index is 0.0489. The van der Waals surface area contributed by atoms with E-state index in [4.69, 9.17) is 9.47 Å². The van der Waals surface area contributed by atoms with Gasteiger partial charge >= 0.3 is 12.1 Å². The van der Waals surface area contributed by atoms with Crippen LogP contribution >= 0.6 is 0 Å². The van der Waals surface area contributed by atoms with Gasteiger partial charge in [0.25, 0.3) is 0 Å². The molecule has 1 aliphatic rings. The summed E-state index contributed by atoms with van der Waals surface area (Å²) < 4.78 is 24.4. The van der Waals surface area contributed by atoms with Gasteiger partial charge < -0.3 is 19.9 Å². The molecule has 1 amide bonds. The first-order valence-corrected chi connectivity index (χ1v) is 12.3. The predicted molar refractivity (Wildman–Crippen MR) is 141 cm³/mol. The predicted octanol–water partition coefficient (Wildman–Crippen LogP) is 5.94. The topological polar surface area (TPSA) is 84.9 Å². The monoisotopic (exact) mass is 511 g/mol. The van der Waals surface area contributed by atoms with E-state index in [1.54, 1.807) is 36.4 Å². The fourth-order valence-corrected chi connectivity index (χ4v) is 4.73. The van der Waals surface area contributed by atoms with Crippen LogP contribution in [0.4, 0.5) is 9.18 Å². The quantitative estimate of drug-likeness (QED) is 0.291. The van der Waals surface area contributed by atoms with Gasteiger partial charge in [0.05, 0.1) is 0 Å². The molecule has 2 N–H and O–H groups in total. The van der Waals surface area contributed by atoms with Crippen LogP contribution in [0.5, 0.6) is 5.75 Å². The molecule has 5 rings (SSSR count). The average molecular weight is 512 g/mol. The Labute approximate surface area is 219 Å². The fourth-order valence-electron chi connectivity index (χ4n) is 4.73. The molecule has 38 heavy (non-hydrogen) atoms. The van der Waals surface area contributed by atoms with E-state index in [1.807, 2.05) is 48.5 Å². The van der Waals surface area contributed by atoms with Crippen molar-refractivity contribution < 1.29 is 28.6 Å². The van der Waals surface area contributed by atoms with Gasteiger partial charge in [-0.05, 0) is 57.6 Å². The Hall–Kier alpha value is -4.65. The SMILES string of the molecule is O=C(NC(Cc1cccc(OCc2ccc(F)cc2)c1)C(=O)O)OCC1c2ccccc2-c2ccccc21. The second-order valence-electron chi connectivity index (χ2n) is 9.13. The molecular formula is C31H26FNO5. The zero-order valence-electron chi connectivity index (χ0n) is 20.5. The van der Waals surface area contributed by atoms with Crippen LogP contribution in [0, 0.1) is 5.82 Å². The maximum absolute atomic E-state index is 13.1. The lowest BCUT2D eigenvalue weighted by molar-refractivity contribution is -0.139. The number of carbonyl (C=O) groups excluding carboxylic acids is 1. The number of alkyl carbamates (subject to hydrolysis) is 1. The maximum Gasteiger partial charge on any atom is 0.407 e. The molecule has 192 valence electrons. The second kappa shape index (κ2) is 11.2. The number of carboxylic acid groups (broad SMARTS) is 1. The summed E-state index contributed by atoms with van der Waals surface area (Å²) in [6.07, 6.45) is -0.740. The zero-order valence-corrected chi connectivity index (χ0v) is 20.5. The van der Waals surface area contributed by atoms with Crippen molar-refractivity contribution in [2.45, 2.75) is 25.0 Å². The highest BCUT2D eigenvalue weighted by molar-refractivity contribution is 5.81. The van der Waals surface area contributed by atoms with Crippen molar-refractivity contribution in [1.82, 2.24) is 5.32 Å². The first kappa shape index (κ1) is 25.0. The summed E-state index contributed by atoms with van der Waals surface area (Å²) in [7, 11) is 0. The summed E-state index contributed by atoms with van der Waals surface area (Å²) in [5.41, 5.74) is 5.86. The van der Waals surface area contributed by atoms with Crippen LogP contribution in [0.25, 0.3) is 11.1 Å². The lowest BCUT2D eigenvalue weighted by atomic mass is 9.98. The normalized spacial score (nSPS) is 12.8. The molecule has 0 radical (unpaired) electrons. The number of hydrogen-bond acceptors (Lipinski definition) is 4. The van der Waals surface area contributed by atoms with Crippen LogP contribution in [0.1, 0.15) is 28.2 Å². The molecule has 0 aromatic heterocycles. The van der Waals surface area contributed by atoms with Gasteiger partial charge in [0.15, 0.2) is 0 Å². The molecule has 1 aliphatic carbocycles. The van der Waals surface area contributed by atoms with E-state index in [2.05, 4.69) is 5.32 Å². The average Bonchev–Trinajstić information content (AvgIpc) is 3.25. The van der Waals surface area contributed by atoms with Crippen LogP contribution in [0.3, 0.4) is 0 Å². The minimum atomic E-state index is -1.18. The summed E-state index contributed by atoms with van der Waals surface area (Å²) in [5.74, 6) is -1.07. The summed E-state index contributed by atoms with van der Waals surface area (Å²) in [5, 5.41) is 12.2. The standard InChI is InChI=1S/C31H26FNO5/c32-22-14-12-20(13-15-22)18-37-23-7-5-6-21(16-23)17-29(30(34)35)33-31(36)38-19-28-26-10-3-1-8-24(26)25-9-2-4-11-27(25)28/h1-16,28-29H,17-19H2,(H,33,36)(H,34,35). The summed E-state index contributed by atoms with van der Waals surface area (Å²) in [4.78, 5) is 24.5. The van der Waals surface area contributed by atoms with Crippen molar-refractivity contribution in [3.8, 4) is 16.9 Å². The highest BCUT2D eigenvalue weighted by atomic mass is 19.1. The number of benzene rings is 4. The van der Waals surface area contributed by atoms with Crippen molar-refractivity contribution in [1.29, 1.82) is 0 Å². The Balaban J connectivity index is 1.19. The van der Waals surface area contributed by atoms with E-state index in [9.17, 15) is 19.1 Å². The Bertz CT molecular complexity index is 1410. The third-order valence-electron chi connectivity index (χ3n) is 6.59. The molecule has 0 aliphatic heterocycles.